The number of aromatic nitrogens is 5. The van der Waals surface area contributed by atoms with Crippen LogP contribution in [0.25, 0.3) is 17.0 Å². The maximum absolute atomic E-state index is 6.13. The molecule has 0 saturated carbocycles. The number of fused-ring (bicyclic) bond motifs is 1. The molecule has 0 unspecified atom stereocenters. The topological polar surface area (TPSA) is 56.0 Å². The lowest BCUT2D eigenvalue weighted by Gasteiger charge is -2.02. The fourth-order valence-electron chi connectivity index (χ4n) is 1.73. The van der Waals surface area contributed by atoms with Crippen molar-refractivity contribution in [1.82, 2.24) is 24.6 Å². The van der Waals surface area contributed by atoms with Gasteiger partial charge in [0.2, 0.25) is 0 Å². The van der Waals surface area contributed by atoms with Crippen LogP contribution in [0, 0.1) is 6.92 Å². The number of rotatable bonds is 1. The highest BCUT2D eigenvalue weighted by atomic mass is 35.5. The fraction of sp³-hybridized carbons (Fsp3) is 0.0909. The molecular weight excluding hydrogens is 273 g/mol. The highest BCUT2D eigenvalue weighted by Gasteiger charge is 2.15. The molecule has 3 heterocycles. The molecule has 0 atom stereocenters. The first-order chi connectivity index (χ1) is 8.65. The van der Waals surface area contributed by atoms with Crippen molar-refractivity contribution in [3.63, 3.8) is 0 Å². The lowest BCUT2D eigenvalue weighted by molar-refractivity contribution is 0.931. The van der Waals surface area contributed by atoms with E-state index in [1.807, 2.05) is 6.07 Å². The quantitative estimate of drug-likeness (QED) is 0.643. The highest BCUT2D eigenvalue weighted by Crippen LogP contribution is 2.27. The normalized spacial score (nSPS) is 11.1. The number of halogens is 2. The summed E-state index contributed by atoms with van der Waals surface area (Å²) in [7, 11) is 0. The second-order valence-corrected chi connectivity index (χ2v) is 4.41. The van der Waals surface area contributed by atoms with Crippen molar-refractivity contribution in [2.75, 3.05) is 0 Å². The Hall–Kier alpha value is -1.72. The summed E-state index contributed by atoms with van der Waals surface area (Å²) in [6.45, 7) is 1.76. The number of nitrogens with zero attached hydrogens (tertiary/aromatic N) is 5. The van der Waals surface area contributed by atoms with Gasteiger partial charge in [-0.3, -0.25) is 0 Å². The number of hydrogen-bond acceptors (Lipinski definition) is 4. The van der Waals surface area contributed by atoms with Gasteiger partial charge in [-0.25, -0.2) is 19.5 Å². The first-order valence-electron chi connectivity index (χ1n) is 5.16. The summed E-state index contributed by atoms with van der Waals surface area (Å²) in [6, 6.07) is 5.25. The van der Waals surface area contributed by atoms with Gasteiger partial charge in [0.15, 0.2) is 10.8 Å². The summed E-state index contributed by atoms with van der Waals surface area (Å²) in [6.07, 6.45) is 1.66. The van der Waals surface area contributed by atoms with Crippen LogP contribution in [0.1, 0.15) is 5.82 Å². The number of imidazole rings is 1. The maximum Gasteiger partial charge on any atom is 0.159 e. The van der Waals surface area contributed by atoms with E-state index in [-0.39, 0.29) is 0 Å². The Morgan fingerprint density at radius 1 is 1.17 bits per heavy atom. The molecule has 0 radical (unpaired) electrons. The van der Waals surface area contributed by atoms with Crippen LogP contribution in [-0.4, -0.2) is 24.6 Å². The van der Waals surface area contributed by atoms with Crippen LogP contribution in [0.2, 0.25) is 10.3 Å². The molecule has 3 rings (SSSR count). The van der Waals surface area contributed by atoms with E-state index in [0.717, 1.165) is 0 Å². The molecule has 3 aromatic rings. The molecule has 0 aromatic carbocycles. The summed E-state index contributed by atoms with van der Waals surface area (Å²) in [5, 5.41) is 4.90. The van der Waals surface area contributed by atoms with Crippen molar-refractivity contribution in [3.8, 4) is 11.4 Å². The van der Waals surface area contributed by atoms with Gasteiger partial charge in [-0.1, -0.05) is 23.2 Å². The highest BCUT2D eigenvalue weighted by molar-refractivity contribution is 6.32. The van der Waals surface area contributed by atoms with Crippen LogP contribution < -0.4 is 0 Å². The van der Waals surface area contributed by atoms with Crippen molar-refractivity contribution in [3.05, 3.63) is 40.5 Å². The minimum Gasteiger partial charge on any atom is -0.231 e. The minimum atomic E-state index is 0.336. The Bertz CT molecular complexity index is 717. The minimum absolute atomic E-state index is 0.336. The molecule has 0 bridgehead atoms. The SMILES string of the molecule is Cc1nc(Cl)cc(-c2c(Cl)nc3cccnn23)n1. The smallest absolute Gasteiger partial charge is 0.159 e. The zero-order valence-corrected chi connectivity index (χ0v) is 10.8. The first-order valence-corrected chi connectivity index (χ1v) is 5.91. The van der Waals surface area contributed by atoms with Crippen LogP contribution in [0.15, 0.2) is 24.4 Å². The second kappa shape index (κ2) is 4.19. The number of aryl methyl sites for hydroxylation is 1. The van der Waals surface area contributed by atoms with Crippen LogP contribution in [0.4, 0.5) is 0 Å². The van der Waals surface area contributed by atoms with E-state index < -0.39 is 0 Å². The van der Waals surface area contributed by atoms with Crippen molar-refractivity contribution < 1.29 is 0 Å². The van der Waals surface area contributed by atoms with Gasteiger partial charge in [-0.05, 0) is 19.1 Å². The Labute approximate surface area is 112 Å². The summed E-state index contributed by atoms with van der Waals surface area (Å²) in [5.74, 6) is 0.569. The van der Waals surface area contributed by atoms with Crippen LogP contribution in [-0.2, 0) is 0 Å². The second-order valence-electron chi connectivity index (χ2n) is 3.67. The molecule has 0 amide bonds. The molecule has 0 spiro atoms. The van der Waals surface area contributed by atoms with E-state index in [0.29, 0.717) is 33.2 Å². The van der Waals surface area contributed by atoms with E-state index in [4.69, 9.17) is 23.2 Å². The molecule has 18 heavy (non-hydrogen) atoms. The van der Waals surface area contributed by atoms with Crippen molar-refractivity contribution >= 4 is 28.8 Å². The molecule has 7 heteroatoms. The van der Waals surface area contributed by atoms with Crippen LogP contribution in [0.5, 0.6) is 0 Å². The van der Waals surface area contributed by atoms with Crippen LogP contribution >= 0.6 is 23.2 Å². The van der Waals surface area contributed by atoms with E-state index in [9.17, 15) is 0 Å². The molecular formula is C11H7Cl2N5. The molecule has 0 aliphatic rings. The van der Waals surface area contributed by atoms with Crippen molar-refractivity contribution in [2.24, 2.45) is 0 Å². The van der Waals surface area contributed by atoms with Gasteiger partial charge in [0.05, 0.1) is 5.69 Å². The lowest BCUT2D eigenvalue weighted by atomic mass is 10.3. The Morgan fingerprint density at radius 2 is 2.00 bits per heavy atom. The first kappa shape index (κ1) is 11.4. The van der Waals surface area contributed by atoms with Gasteiger partial charge in [0.25, 0.3) is 0 Å². The lowest BCUT2D eigenvalue weighted by Crippen LogP contribution is -1.97. The van der Waals surface area contributed by atoms with E-state index in [1.165, 1.54) is 0 Å². The van der Waals surface area contributed by atoms with Gasteiger partial charge >= 0.3 is 0 Å². The van der Waals surface area contributed by atoms with Gasteiger partial charge in [-0.15, -0.1) is 0 Å². The molecule has 0 aliphatic carbocycles. The molecule has 0 N–H and O–H groups in total. The van der Waals surface area contributed by atoms with Crippen LogP contribution in [0.3, 0.4) is 0 Å². The summed E-state index contributed by atoms with van der Waals surface area (Å²) in [4.78, 5) is 12.5. The molecule has 90 valence electrons. The van der Waals surface area contributed by atoms with Gasteiger partial charge in [-0.2, -0.15) is 5.10 Å². The summed E-state index contributed by atoms with van der Waals surface area (Å²) >= 11 is 12.1. The van der Waals surface area contributed by atoms with Crippen molar-refractivity contribution in [1.29, 1.82) is 0 Å². The molecule has 0 fully saturated rings. The monoisotopic (exact) mass is 279 g/mol. The van der Waals surface area contributed by atoms with E-state index in [2.05, 4.69) is 20.1 Å². The summed E-state index contributed by atoms with van der Waals surface area (Å²) < 4.78 is 1.63. The van der Waals surface area contributed by atoms with Gasteiger partial charge in [0, 0.05) is 12.3 Å². The third-order valence-electron chi connectivity index (χ3n) is 2.40. The third kappa shape index (κ3) is 1.81. The standard InChI is InChI=1S/C11H7Cl2N5/c1-6-15-7(5-8(12)16-6)10-11(13)17-9-3-2-4-14-18(9)10/h2-5H,1H3. The largest absolute Gasteiger partial charge is 0.231 e. The summed E-state index contributed by atoms with van der Waals surface area (Å²) in [5.41, 5.74) is 1.87. The Kier molecular flexibility index (Phi) is 2.65. The average molecular weight is 280 g/mol. The zero-order chi connectivity index (χ0) is 12.7. The molecule has 0 aliphatic heterocycles. The predicted octanol–water partition coefficient (Wildman–Crippen LogP) is 2.80. The average Bonchev–Trinajstić information content (AvgIpc) is 2.63. The van der Waals surface area contributed by atoms with Gasteiger partial charge in [0.1, 0.15) is 16.7 Å². The molecule has 0 saturated heterocycles. The Morgan fingerprint density at radius 3 is 2.78 bits per heavy atom. The zero-order valence-electron chi connectivity index (χ0n) is 9.30. The predicted molar refractivity (Wildman–Crippen MR) is 68.8 cm³/mol. The number of hydrogen-bond donors (Lipinski definition) is 0. The molecule has 3 aromatic heterocycles. The molecule has 5 nitrogen and oxygen atoms in total. The maximum atomic E-state index is 6.13. The third-order valence-corrected chi connectivity index (χ3v) is 2.86. The van der Waals surface area contributed by atoms with E-state index >= 15 is 0 Å². The fourth-order valence-corrected chi connectivity index (χ4v) is 2.22. The Balaban J connectivity index is 2.34. The van der Waals surface area contributed by atoms with Gasteiger partial charge < -0.3 is 0 Å². The van der Waals surface area contributed by atoms with Crippen molar-refractivity contribution in [2.45, 2.75) is 6.92 Å². The van der Waals surface area contributed by atoms with E-state index in [1.54, 1.807) is 29.8 Å².